The number of rotatable bonds is 3. The summed E-state index contributed by atoms with van der Waals surface area (Å²) < 4.78 is 18.0. The fourth-order valence-corrected chi connectivity index (χ4v) is 10.9. The summed E-state index contributed by atoms with van der Waals surface area (Å²) >= 11 is 1.88. The maximum Gasteiger partial charge on any atom is 0.180 e. The Balaban J connectivity index is 1.05. The molecule has 6 heteroatoms. The molecule has 0 unspecified atom stereocenters. The first kappa shape index (κ1) is 30.7. The molecule has 0 saturated heterocycles. The van der Waals surface area contributed by atoms with Gasteiger partial charge in [-0.05, 0) is 82.9 Å². The van der Waals surface area contributed by atoms with Crippen LogP contribution in [0.2, 0.25) is 0 Å². The van der Waals surface area contributed by atoms with Crippen LogP contribution in [-0.4, -0.2) is 14.5 Å². The highest BCUT2D eigenvalue weighted by Crippen LogP contribution is 2.47. The molecule has 9 aromatic carbocycles. The highest BCUT2D eigenvalue weighted by Gasteiger charge is 2.24. The second-order valence-electron chi connectivity index (χ2n) is 15.2. The Kier molecular flexibility index (Phi) is 5.85. The van der Waals surface area contributed by atoms with Crippen molar-refractivity contribution in [2.45, 2.75) is 0 Å². The lowest BCUT2D eigenvalue weighted by Gasteiger charge is -2.15. The summed E-state index contributed by atoms with van der Waals surface area (Å²) in [5.74, 6) is 0.640. The van der Waals surface area contributed by atoms with Crippen LogP contribution in [-0.2, 0) is 0 Å². The zero-order valence-corrected chi connectivity index (χ0v) is 31.5. The third-order valence-corrected chi connectivity index (χ3v) is 13.3. The van der Waals surface area contributed by atoms with Gasteiger partial charge in [-0.25, -0.2) is 9.97 Å². The van der Waals surface area contributed by atoms with Gasteiger partial charge in [0.25, 0.3) is 0 Å². The summed E-state index contributed by atoms with van der Waals surface area (Å²) in [4.78, 5) is 10.7. The van der Waals surface area contributed by atoms with E-state index in [0.717, 1.165) is 71.7 Å². The molecule has 0 fully saturated rings. The Morgan fingerprint density at radius 2 is 1.09 bits per heavy atom. The lowest BCUT2D eigenvalue weighted by atomic mass is 10.00. The van der Waals surface area contributed by atoms with E-state index in [-0.39, 0.29) is 0 Å². The number of fused-ring (bicyclic) bond motifs is 7. The summed E-state index contributed by atoms with van der Waals surface area (Å²) in [7, 11) is 0. The predicted octanol–water partition coefficient (Wildman–Crippen LogP) is 14.8. The van der Waals surface area contributed by atoms with Gasteiger partial charge in [-0.1, -0.05) is 97.1 Å². The van der Waals surface area contributed by atoms with E-state index in [9.17, 15) is 0 Å². The molecule has 0 spiro atoms. The van der Waals surface area contributed by atoms with Crippen LogP contribution in [0, 0.1) is 0 Å². The second-order valence-corrected chi connectivity index (χ2v) is 16.3. The van der Waals surface area contributed by atoms with Crippen molar-refractivity contribution in [3.63, 3.8) is 0 Å². The molecule has 5 nitrogen and oxygen atoms in total. The van der Waals surface area contributed by atoms with Gasteiger partial charge in [0.05, 0.1) is 16.7 Å². The zero-order valence-electron chi connectivity index (χ0n) is 30.7. The average Bonchev–Trinajstić information content (AvgIpc) is 3.92. The van der Waals surface area contributed by atoms with Gasteiger partial charge in [0.1, 0.15) is 28.0 Å². The van der Waals surface area contributed by atoms with Crippen molar-refractivity contribution < 1.29 is 8.83 Å². The number of hydrogen-bond donors (Lipinski definition) is 0. The van der Waals surface area contributed by atoms with Crippen molar-refractivity contribution in [2.24, 2.45) is 0 Å². The van der Waals surface area contributed by atoms with Gasteiger partial charge < -0.3 is 13.4 Å². The van der Waals surface area contributed by atoms with Crippen molar-refractivity contribution in [2.75, 3.05) is 0 Å². The van der Waals surface area contributed by atoms with Gasteiger partial charge in [0, 0.05) is 63.6 Å². The number of para-hydroxylation sites is 2. The molecular formula is C52H27N3O2S. The van der Waals surface area contributed by atoms with Crippen LogP contribution in [0.3, 0.4) is 0 Å². The third-order valence-electron chi connectivity index (χ3n) is 12.2. The Bertz CT molecular complexity index is 3950. The Morgan fingerprint density at radius 3 is 1.83 bits per heavy atom. The summed E-state index contributed by atoms with van der Waals surface area (Å²) in [5, 5.41) is 13.1. The van der Waals surface area contributed by atoms with E-state index in [1.807, 2.05) is 47.7 Å². The predicted molar refractivity (Wildman–Crippen MR) is 241 cm³/mol. The number of benzene rings is 9. The molecule has 14 rings (SSSR count). The van der Waals surface area contributed by atoms with E-state index in [0.29, 0.717) is 11.4 Å². The number of aromatic nitrogens is 3. The molecule has 0 saturated carbocycles. The molecule has 268 valence electrons. The molecule has 0 aliphatic carbocycles. The van der Waals surface area contributed by atoms with Gasteiger partial charge in [-0.15, -0.1) is 11.3 Å². The monoisotopic (exact) mass is 757 g/mol. The molecule has 0 bridgehead atoms. The Labute approximate surface area is 332 Å². The van der Waals surface area contributed by atoms with Crippen molar-refractivity contribution in [3.8, 4) is 28.3 Å². The molecule has 0 amide bonds. The standard InChI is InChI=1S/C52H27N3O2S/c1-2-12-32-31(11-1)35(23-26-37(32)55-38-24-20-28-9-7-17-43-45(28)47(38)48-39(55)25-21-29-10-8-18-44(58-43)46(29)48)52-53-49(51-50(54-52)36-14-4-6-16-41(36)57-51)30-19-22-34-33-13-3-5-15-40(33)56-42(34)27-30/h1-27H. The first-order valence-corrected chi connectivity index (χ1v) is 20.3. The first-order valence-electron chi connectivity index (χ1n) is 19.5. The minimum atomic E-state index is 0.640. The largest absolute Gasteiger partial charge is 0.456 e. The lowest BCUT2D eigenvalue weighted by molar-refractivity contribution is 0.666. The number of hydrogen-bond acceptors (Lipinski definition) is 5. The maximum atomic E-state index is 6.55. The Hall–Kier alpha value is -7.54. The average molecular weight is 758 g/mol. The van der Waals surface area contributed by atoms with E-state index < -0.39 is 0 Å². The molecule has 5 heterocycles. The van der Waals surface area contributed by atoms with Crippen LogP contribution in [0.15, 0.2) is 173 Å². The fraction of sp³-hybridized carbons (Fsp3) is 0. The molecule has 0 N–H and O–H groups in total. The SMILES string of the molecule is c1ccc2c(c1)oc1cc(-c3nc(-c4ccc(-n5c6ccc7cccc8sc9cccc%10ccc5c(c%109)c6c78)c5ccccc45)nc4c3oc3ccccc34)ccc12. The van der Waals surface area contributed by atoms with E-state index in [4.69, 9.17) is 18.8 Å². The minimum absolute atomic E-state index is 0.640. The van der Waals surface area contributed by atoms with E-state index in [1.165, 1.54) is 52.8 Å². The van der Waals surface area contributed by atoms with Gasteiger partial charge in [-0.3, -0.25) is 0 Å². The van der Waals surface area contributed by atoms with Crippen molar-refractivity contribution in [3.05, 3.63) is 164 Å². The number of nitrogens with zero attached hydrogens (tertiary/aromatic N) is 3. The molecular weight excluding hydrogens is 731 g/mol. The fourth-order valence-electron chi connectivity index (χ4n) is 9.68. The van der Waals surface area contributed by atoms with E-state index in [2.05, 4.69) is 132 Å². The van der Waals surface area contributed by atoms with Gasteiger partial charge in [-0.2, -0.15) is 0 Å². The molecule has 5 aromatic heterocycles. The highest BCUT2D eigenvalue weighted by atomic mass is 32.1. The minimum Gasteiger partial charge on any atom is -0.456 e. The first-order chi connectivity index (χ1) is 28.7. The molecule has 0 atom stereocenters. The molecule has 0 radical (unpaired) electrons. The van der Waals surface area contributed by atoms with Crippen LogP contribution in [0.4, 0.5) is 0 Å². The topological polar surface area (TPSA) is 57.0 Å². The summed E-state index contributed by atoms with van der Waals surface area (Å²) in [6, 6.07) is 58.3. The summed E-state index contributed by atoms with van der Waals surface area (Å²) in [5.41, 5.74) is 9.99. The third kappa shape index (κ3) is 3.99. The van der Waals surface area contributed by atoms with Crippen LogP contribution in [0.25, 0.3) is 136 Å². The lowest BCUT2D eigenvalue weighted by Crippen LogP contribution is -1.99. The molecule has 0 aliphatic rings. The normalized spacial score (nSPS) is 12.5. The zero-order chi connectivity index (χ0) is 37.6. The van der Waals surface area contributed by atoms with Gasteiger partial charge in [0.15, 0.2) is 11.4 Å². The van der Waals surface area contributed by atoms with E-state index >= 15 is 0 Å². The van der Waals surface area contributed by atoms with Crippen molar-refractivity contribution in [1.82, 2.24) is 14.5 Å². The molecule has 0 aliphatic heterocycles. The highest BCUT2D eigenvalue weighted by molar-refractivity contribution is 7.24. The smallest absolute Gasteiger partial charge is 0.180 e. The van der Waals surface area contributed by atoms with E-state index in [1.54, 1.807) is 0 Å². The molecule has 58 heavy (non-hydrogen) atoms. The second kappa shape index (κ2) is 11.1. The van der Waals surface area contributed by atoms with Crippen LogP contribution >= 0.6 is 11.3 Å². The number of furan rings is 2. The van der Waals surface area contributed by atoms with Crippen LogP contribution in [0.1, 0.15) is 0 Å². The van der Waals surface area contributed by atoms with Crippen LogP contribution < -0.4 is 0 Å². The maximum absolute atomic E-state index is 6.55. The Morgan fingerprint density at radius 1 is 0.448 bits per heavy atom. The van der Waals surface area contributed by atoms with Crippen molar-refractivity contribution >= 4 is 119 Å². The summed E-state index contributed by atoms with van der Waals surface area (Å²) in [6.45, 7) is 0. The van der Waals surface area contributed by atoms with Gasteiger partial charge in [0.2, 0.25) is 0 Å². The van der Waals surface area contributed by atoms with Gasteiger partial charge >= 0.3 is 0 Å². The molecule has 14 aromatic rings. The quantitative estimate of drug-likeness (QED) is 0.180. The summed E-state index contributed by atoms with van der Waals surface area (Å²) in [6.07, 6.45) is 0. The van der Waals surface area contributed by atoms with Crippen LogP contribution in [0.5, 0.6) is 0 Å². The van der Waals surface area contributed by atoms with Crippen molar-refractivity contribution in [1.29, 1.82) is 0 Å².